The molecule has 0 unspecified atom stereocenters. The van der Waals surface area contributed by atoms with Gasteiger partial charge in [-0.25, -0.2) is 4.39 Å². The van der Waals surface area contributed by atoms with Crippen LogP contribution in [0.2, 0.25) is 0 Å². The third-order valence-corrected chi connectivity index (χ3v) is 3.50. The van der Waals surface area contributed by atoms with Gasteiger partial charge in [0.25, 0.3) is 0 Å². The molecule has 1 aliphatic heterocycles. The molecule has 1 aliphatic rings. The van der Waals surface area contributed by atoms with E-state index in [9.17, 15) is 9.50 Å². The molecule has 1 heterocycles. The van der Waals surface area contributed by atoms with Crippen molar-refractivity contribution in [1.29, 1.82) is 0 Å². The fraction of sp³-hybridized carbons (Fsp3) is 0.571. The van der Waals surface area contributed by atoms with Gasteiger partial charge in [0.1, 0.15) is 11.6 Å². The highest BCUT2D eigenvalue weighted by atomic mass is 35.5. The monoisotopic (exact) mass is 288 g/mol. The SMILES string of the molecule is CCC[C@@H](c1ccc(O)cc1F)N1CCNCC1.Cl. The van der Waals surface area contributed by atoms with E-state index in [1.807, 2.05) is 0 Å². The van der Waals surface area contributed by atoms with Crippen LogP contribution in [0.4, 0.5) is 4.39 Å². The van der Waals surface area contributed by atoms with Crippen LogP contribution in [0.1, 0.15) is 31.4 Å². The standard InChI is InChI=1S/C14H21FN2O.ClH/c1-2-3-14(17-8-6-16-7-9-17)12-5-4-11(18)10-13(12)15;/h4-5,10,14,16,18H,2-3,6-9H2,1H3;1H/t14-;/m0./s1. The summed E-state index contributed by atoms with van der Waals surface area (Å²) in [4.78, 5) is 2.33. The van der Waals surface area contributed by atoms with Crippen LogP contribution < -0.4 is 5.32 Å². The summed E-state index contributed by atoms with van der Waals surface area (Å²) in [6.07, 6.45) is 1.97. The molecule has 0 amide bonds. The summed E-state index contributed by atoms with van der Waals surface area (Å²) in [5.74, 6) is -0.307. The van der Waals surface area contributed by atoms with Crippen molar-refractivity contribution in [3.63, 3.8) is 0 Å². The number of benzene rings is 1. The molecule has 19 heavy (non-hydrogen) atoms. The van der Waals surface area contributed by atoms with Gasteiger partial charge < -0.3 is 10.4 Å². The van der Waals surface area contributed by atoms with E-state index in [-0.39, 0.29) is 30.0 Å². The summed E-state index contributed by atoms with van der Waals surface area (Å²) >= 11 is 0. The van der Waals surface area contributed by atoms with Gasteiger partial charge in [0.05, 0.1) is 0 Å². The number of nitrogens with zero attached hydrogens (tertiary/aromatic N) is 1. The number of aromatic hydroxyl groups is 1. The fourth-order valence-corrected chi connectivity index (χ4v) is 2.59. The number of nitrogens with one attached hydrogen (secondary N) is 1. The molecule has 2 rings (SSSR count). The van der Waals surface area contributed by atoms with Crippen molar-refractivity contribution in [2.24, 2.45) is 0 Å². The first-order valence-electron chi connectivity index (χ1n) is 6.65. The lowest BCUT2D eigenvalue weighted by atomic mass is 9.99. The third kappa shape index (κ3) is 4.06. The smallest absolute Gasteiger partial charge is 0.131 e. The molecule has 0 aliphatic carbocycles. The van der Waals surface area contributed by atoms with Crippen molar-refractivity contribution >= 4 is 12.4 Å². The first-order chi connectivity index (χ1) is 8.72. The van der Waals surface area contributed by atoms with E-state index in [1.54, 1.807) is 12.1 Å². The summed E-state index contributed by atoms with van der Waals surface area (Å²) in [5.41, 5.74) is 0.705. The van der Waals surface area contributed by atoms with Gasteiger partial charge in [0.2, 0.25) is 0 Å². The topological polar surface area (TPSA) is 35.5 Å². The molecule has 0 saturated carbocycles. The highest BCUT2D eigenvalue weighted by Gasteiger charge is 2.23. The van der Waals surface area contributed by atoms with Crippen LogP contribution in [0.5, 0.6) is 5.75 Å². The van der Waals surface area contributed by atoms with Crippen LogP contribution in [0.3, 0.4) is 0 Å². The average molecular weight is 289 g/mol. The molecule has 0 radical (unpaired) electrons. The highest BCUT2D eigenvalue weighted by Crippen LogP contribution is 2.29. The number of hydrogen-bond donors (Lipinski definition) is 2. The Hall–Kier alpha value is -0.840. The van der Waals surface area contributed by atoms with Gasteiger partial charge in [0.15, 0.2) is 0 Å². The van der Waals surface area contributed by atoms with Crippen molar-refractivity contribution < 1.29 is 9.50 Å². The Morgan fingerprint density at radius 1 is 1.37 bits per heavy atom. The molecule has 0 bridgehead atoms. The predicted octanol–water partition coefficient (Wildman–Crippen LogP) is 2.70. The number of halogens is 2. The molecule has 5 heteroatoms. The minimum Gasteiger partial charge on any atom is -0.508 e. The Bertz CT molecular complexity index is 397. The second-order valence-corrected chi connectivity index (χ2v) is 4.80. The van der Waals surface area contributed by atoms with Gasteiger partial charge in [-0.3, -0.25) is 4.90 Å². The summed E-state index contributed by atoms with van der Waals surface area (Å²) in [7, 11) is 0. The molecule has 108 valence electrons. The number of rotatable bonds is 4. The van der Waals surface area contributed by atoms with E-state index >= 15 is 0 Å². The maximum Gasteiger partial charge on any atom is 0.131 e. The van der Waals surface area contributed by atoms with Crippen LogP contribution in [0.15, 0.2) is 18.2 Å². The second kappa shape index (κ2) is 7.68. The zero-order valence-corrected chi connectivity index (χ0v) is 12.0. The van der Waals surface area contributed by atoms with Gasteiger partial charge in [-0.1, -0.05) is 19.4 Å². The summed E-state index contributed by atoms with van der Waals surface area (Å²) in [6.45, 7) is 5.93. The molecule has 0 spiro atoms. The number of hydrogen-bond acceptors (Lipinski definition) is 3. The molecule has 0 aromatic heterocycles. The Labute approximate surface area is 120 Å². The lowest BCUT2D eigenvalue weighted by Crippen LogP contribution is -2.45. The molecule has 2 N–H and O–H groups in total. The normalized spacial score (nSPS) is 17.8. The maximum absolute atomic E-state index is 14.0. The average Bonchev–Trinajstić information content (AvgIpc) is 2.38. The van der Waals surface area contributed by atoms with Crippen molar-refractivity contribution in [3.05, 3.63) is 29.6 Å². The fourth-order valence-electron chi connectivity index (χ4n) is 2.59. The van der Waals surface area contributed by atoms with Crippen molar-refractivity contribution in [2.75, 3.05) is 26.2 Å². The molecular formula is C14H22ClFN2O. The predicted molar refractivity (Wildman–Crippen MR) is 77.4 cm³/mol. The number of piperazine rings is 1. The Morgan fingerprint density at radius 3 is 2.63 bits per heavy atom. The highest BCUT2D eigenvalue weighted by molar-refractivity contribution is 5.85. The van der Waals surface area contributed by atoms with Gasteiger partial charge >= 0.3 is 0 Å². The first kappa shape index (κ1) is 16.2. The van der Waals surface area contributed by atoms with Crippen LogP contribution in [-0.2, 0) is 0 Å². The Balaban J connectivity index is 0.00000180. The first-order valence-corrected chi connectivity index (χ1v) is 6.65. The number of phenols is 1. The van der Waals surface area contributed by atoms with E-state index in [4.69, 9.17) is 0 Å². The van der Waals surface area contributed by atoms with Crippen LogP contribution >= 0.6 is 12.4 Å². The molecule has 1 aromatic carbocycles. The van der Waals surface area contributed by atoms with E-state index in [0.717, 1.165) is 39.0 Å². The largest absolute Gasteiger partial charge is 0.508 e. The lowest BCUT2D eigenvalue weighted by Gasteiger charge is -2.35. The van der Waals surface area contributed by atoms with E-state index in [2.05, 4.69) is 17.1 Å². The number of phenolic OH excluding ortho intramolecular Hbond substituents is 1. The Kier molecular flexibility index (Phi) is 6.55. The van der Waals surface area contributed by atoms with Crippen LogP contribution in [0, 0.1) is 5.82 Å². The zero-order valence-electron chi connectivity index (χ0n) is 11.2. The van der Waals surface area contributed by atoms with Crippen LogP contribution in [-0.4, -0.2) is 36.2 Å². The summed E-state index contributed by atoms with van der Waals surface area (Å²) in [6, 6.07) is 4.62. The molecule has 1 aromatic rings. The maximum atomic E-state index is 14.0. The molecular weight excluding hydrogens is 267 g/mol. The van der Waals surface area contributed by atoms with Gasteiger partial charge in [0, 0.05) is 43.9 Å². The molecule has 1 saturated heterocycles. The van der Waals surface area contributed by atoms with Crippen molar-refractivity contribution in [3.8, 4) is 5.75 Å². The van der Waals surface area contributed by atoms with Gasteiger partial charge in [-0.05, 0) is 12.5 Å². The molecule has 1 atom stereocenters. The second-order valence-electron chi connectivity index (χ2n) is 4.80. The molecule has 3 nitrogen and oxygen atoms in total. The zero-order chi connectivity index (χ0) is 13.0. The van der Waals surface area contributed by atoms with Crippen LogP contribution in [0.25, 0.3) is 0 Å². The van der Waals surface area contributed by atoms with Gasteiger partial charge in [-0.2, -0.15) is 0 Å². The molecule has 1 fully saturated rings. The third-order valence-electron chi connectivity index (χ3n) is 3.50. The summed E-state index contributed by atoms with van der Waals surface area (Å²) in [5, 5.41) is 12.6. The van der Waals surface area contributed by atoms with E-state index in [0.29, 0.717) is 5.56 Å². The quantitative estimate of drug-likeness (QED) is 0.894. The summed E-state index contributed by atoms with van der Waals surface area (Å²) < 4.78 is 14.0. The Morgan fingerprint density at radius 2 is 2.05 bits per heavy atom. The van der Waals surface area contributed by atoms with Crippen molar-refractivity contribution in [1.82, 2.24) is 10.2 Å². The minimum atomic E-state index is -0.299. The van der Waals surface area contributed by atoms with E-state index in [1.165, 1.54) is 6.07 Å². The lowest BCUT2D eigenvalue weighted by molar-refractivity contribution is 0.161. The van der Waals surface area contributed by atoms with Gasteiger partial charge in [-0.15, -0.1) is 12.4 Å². The van der Waals surface area contributed by atoms with Crippen molar-refractivity contribution in [2.45, 2.75) is 25.8 Å². The van der Waals surface area contributed by atoms with E-state index < -0.39 is 0 Å². The minimum absolute atomic E-state index is 0.